The summed E-state index contributed by atoms with van der Waals surface area (Å²) in [6.45, 7) is 2.38. The van der Waals surface area contributed by atoms with Crippen molar-refractivity contribution in [3.8, 4) is 5.75 Å². The molecule has 0 aliphatic rings. The Morgan fingerprint density at radius 1 is 1.57 bits per heavy atom. The molecular formula is C10H12FNO2. The van der Waals surface area contributed by atoms with Gasteiger partial charge in [0.2, 0.25) is 5.91 Å². The Morgan fingerprint density at radius 3 is 2.86 bits per heavy atom. The van der Waals surface area contributed by atoms with E-state index in [2.05, 4.69) is 5.32 Å². The third-order valence-corrected chi connectivity index (χ3v) is 1.75. The molecule has 1 amide bonds. The molecular weight excluding hydrogens is 185 g/mol. The summed E-state index contributed by atoms with van der Waals surface area (Å²) in [5.41, 5.74) is 0.592. The van der Waals surface area contributed by atoms with Gasteiger partial charge >= 0.3 is 0 Å². The van der Waals surface area contributed by atoms with E-state index in [9.17, 15) is 9.18 Å². The highest BCUT2D eigenvalue weighted by molar-refractivity contribution is 5.78. The summed E-state index contributed by atoms with van der Waals surface area (Å²) < 4.78 is 12.6. The largest absolute Gasteiger partial charge is 0.505 e. The minimum absolute atomic E-state index is 0.140. The summed E-state index contributed by atoms with van der Waals surface area (Å²) in [7, 11) is 0. The van der Waals surface area contributed by atoms with Gasteiger partial charge in [0.1, 0.15) is 0 Å². The zero-order chi connectivity index (χ0) is 10.6. The maximum Gasteiger partial charge on any atom is 0.224 e. The predicted molar refractivity (Wildman–Crippen MR) is 50.5 cm³/mol. The highest BCUT2D eigenvalue weighted by Gasteiger charge is 2.05. The highest BCUT2D eigenvalue weighted by Crippen LogP contribution is 2.16. The number of halogens is 1. The van der Waals surface area contributed by atoms with Crippen molar-refractivity contribution in [2.75, 3.05) is 6.54 Å². The third-order valence-electron chi connectivity index (χ3n) is 1.75. The van der Waals surface area contributed by atoms with E-state index in [1.54, 1.807) is 0 Å². The van der Waals surface area contributed by atoms with Crippen molar-refractivity contribution in [2.45, 2.75) is 13.3 Å². The number of carbonyl (C=O) groups is 1. The fourth-order valence-corrected chi connectivity index (χ4v) is 1.11. The normalized spacial score (nSPS) is 9.86. The van der Waals surface area contributed by atoms with Crippen molar-refractivity contribution in [2.24, 2.45) is 0 Å². The molecule has 0 aromatic heterocycles. The maximum absolute atomic E-state index is 12.6. The molecule has 0 spiro atoms. The van der Waals surface area contributed by atoms with Gasteiger partial charge in [0.05, 0.1) is 6.42 Å². The van der Waals surface area contributed by atoms with Crippen molar-refractivity contribution in [3.63, 3.8) is 0 Å². The molecule has 3 nitrogen and oxygen atoms in total. The molecule has 0 radical (unpaired) electrons. The highest BCUT2D eigenvalue weighted by atomic mass is 19.1. The van der Waals surface area contributed by atoms with Crippen LogP contribution in [-0.4, -0.2) is 17.6 Å². The molecule has 0 heterocycles. The lowest BCUT2D eigenvalue weighted by atomic mass is 10.1. The quantitative estimate of drug-likeness (QED) is 0.765. The lowest BCUT2D eigenvalue weighted by Gasteiger charge is -2.03. The molecule has 1 aromatic rings. The fourth-order valence-electron chi connectivity index (χ4n) is 1.11. The van der Waals surface area contributed by atoms with Crippen molar-refractivity contribution in [1.29, 1.82) is 0 Å². The molecule has 1 aromatic carbocycles. The summed E-state index contributed by atoms with van der Waals surface area (Å²) >= 11 is 0. The number of hydrogen-bond donors (Lipinski definition) is 2. The van der Waals surface area contributed by atoms with Gasteiger partial charge in [-0.2, -0.15) is 0 Å². The van der Waals surface area contributed by atoms with Crippen LogP contribution in [0.3, 0.4) is 0 Å². The van der Waals surface area contributed by atoms with E-state index < -0.39 is 11.6 Å². The molecule has 0 saturated carbocycles. The van der Waals surface area contributed by atoms with E-state index >= 15 is 0 Å². The van der Waals surface area contributed by atoms with Gasteiger partial charge in [-0.05, 0) is 24.6 Å². The van der Waals surface area contributed by atoms with E-state index in [1.807, 2.05) is 6.92 Å². The number of aromatic hydroxyl groups is 1. The van der Waals surface area contributed by atoms with E-state index in [4.69, 9.17) is 5.11 Å². The number of likely N-dealkylation sites (N-methyl/N-ethyl adjacent to an activating group) is 1. The van der Waals surface area contributed by atoms with Crippen molar-refractivity contribution in [1.82, 2.24) is 5.32 Å². The lowest BCUT2D eigenvalue weighted by molar-refractivity contribution is -0.120. The number of rotatable bonds is 3. The Morgan fingerprint density at radius 2 is 2.29 bits per heavy atom. The zero-order valence-electron chi connectivity index (χ0n) is 7.88. The second kappa shape index (κ2) is 4.60. The average molecular weight is 197 g/mol. The van der Waals surface area contributed by atoms with E-state index in [-0.39, 0.29) is 12.3 Å². The number of hydrogen-bond acceptors (Lipinski definition) is 2. The van der Waals surface area contributed by atoms with E-state index in [0.717, 1.165) is 6.07 Å². The lowest BCUT2D eigenvalue weighted by Crippen LogP contribution is -2.24. The molecule has 0 aliphatic heterocycles. The number of benzene rings is 1. The van der Waals surface area contributed by atoms with Gasteiger partial charge in [0, 0.05) is 6.54 Å². The first-order chi connectivity index (χ1) is 6.63. The number of nitrogens with one attached hydrogen (secondary N) is 1. The zero-order valence-corrected chi connectivity index (χ0v) is 7.88. The summed E-state index contributed by atoms with van der Waals surface area (Å²) in [5, 5.41) is 11.6. The van der Waals surface area contributed by atoms with Crippen LogP contribution in [-0.2, 0) is 11.2 Å². The Hall–Kier alpha value is -1.58. The Kier molecular flexibility index (Phi) is 3.45. The first-order valence-electron chi connectivity index (χ1n) is 4.37. The van der Waals surface area contributed by atoms with Gasteiger partial charge in [-0.3, -0.25) is 4.79 Å². The summed E-state index contributed by atoms with van der Waals surface area (Å²) in [4.78, 5) is 11.1. The third kappa shape index (κ3) is 2.73. The fraction of sp³-hybridized carbons (Fsp3) is 0.300. The molecule has 14 heavy (non-hydrogen) atoms. The standard InChI is InChI=1S/C10H12FNO2/c1-2-12-10(14)6-7-3-4-8(11)9(13)5-7/h3-5,13H,2,6H2,1H3,(H,12,14). The van der Waals surface area contributed by atoms with E-state index in [0.29, 0.717) is 12.1 Å². The number of phenols is 1. The second-order valence-corrected chi connectivity index (χ2v) is 2.92. The minimum atomic E-state index is -0.676. The van der Waals surface area contributed by atoms with Crippen LogP contribution in [0.2, 0.25) is 0 Å². The molecule has 76 valence electrons. The predicted octanol–water partition coefficient (Wildman–Crippen LogP) is 1.21. The van der Waals surface area contributed by atoms with Crippen molar-refractivity contribution < 1.29 is 14.3 Å². The Bertz CT molecular complexity index is 339. The van der Waals surface area contributed by atoms with Crippen molar-refractivity contribution in [3.05, 3.63) is 29.6 Å². The van der Waals surface area contributed by atoms with Crippen LogP contribution >= 0.6 is 0 Å². The second-order valence-electron chi connectivity index (χ2n) is 2.92. The molecule has 0 aliphatic carbocycles. The first-order valence-corrected chi connectivity index (χ1v) is 4.37. The molecule has 0 atom stereocenters. The van der Waals surface area contributed by atoms with Crippen LogP contribution in [0.5, 0.6) is 5.75 Å². The smallest absolute Gasteiger partial charge is 0.224 e. The molecule has 1 rings (SSSR count). The van der Waals surface area contributed by atoms with Crippen LogP contribution in [0.1, 0.15) is 12.5 Å². The van der Waals surface area contributed by atoms with Gasteiger partial charge in [-0.1, -0.05) is 6.07 Å². The molecule has 0 saturated heterocycles. The number of amides is 1. The first kappa shape index (κ1) is 10.5. The van der Waals surface area contributed by atoms with Crippen LogP contribution in [0.15, 0.2) is 18.2 Å². The summed E-state index contributed by atoms with van der Waals surface area (Å²) in [5.74, 6) is -1.24. The molecule has 0 fully saturated rings. The monoisotopic (exact) mass is 197 g/mol. The van der Waals surface area contributed by atoms with Gasteiger partial charge < -0.3 is 10.4 Å². The molecule has 4 heteroatoms. The Balaban J connectivity index is 2.68. The maximum atomic E-state index is 12.6. The molecule has 2 N–H and O–H groups in total. The van der Waals surface area contributed by atoms with Crippen LogP contribution in [0.25, 0.3) is 0 Å². The number of carbonyl (C=O) groups excluding carboxylic acids is 1. The van der Waals surface area contributed by atoms with Gasteiger partial charge in [0.15, 0.2) is 11.6 Å². The molecule has 0 unspecified atom stereocenters. The van der Waals surface area contributed by atoms with Crippen molar-refractivity contribution >= 4 is 5.91 Å². The van der Waals surface area contributed by atoms with Gasteiger partial charge in [-0.25, -0.2) is 4.39 Å². The SMILES string of the molecule is CCNC(=O)Cc1ccc(F)c(O)c1. The molecule has 0 bridgehead atoms. The summed E-state index contributed by atoms with van der Waals surface area (Å²) in [6, 6.07) is 3.87. The van der Waals surface area contributed by atoms with Gasteiger partial charge in [0.25, 0.3) is 0 Å². The number of phenolic OH excluding ortho intramolecular Hbond substituents is 1. The van der Waals surface area contributed by atoms with E-state index in [1.165, 1.54) is 12.1 Å². The van der Waals surface area contributed by atoms with Crippen LogP contribution < -0.4 is 5.32 Å². The Labute approximate surface area is 81.6 Å². The summed E-state index contributed by atoms with van der Waals surface area (Å²) in [6.07, 6.45) is 0.154. The topological polar surface area (TPSA) is 49.3 Å². The van der Waals surface area contributed by atoms with Gasteiger partial charge in [-0.15, -0.1) is 0 Å². The van der Waals surface area contributed by atoms with Crippen LogP contribution in [0.4, 0.5) is 4.39 Å². The van der Waals surface area contributed by atoms with Crippen LogP contribution in [0, 0.1) is 5.82 Å². The average Bonchev–Trinajstić information content (AvgIpc) is 2.12. The minimum Gasteiger partial charge on any atom is -0.505 e.